The van der Waals surface area contributed by atoms with E-state index in [1.165, 1.54) is 7.11 Å². The van der Waals surface area contributed by atoms with Crippen LogP contribution in [0.3, 0.4) is 0 Å². The zero-order valence-electron chi connectivity index (χ0n) is 11.9. The second-order valence-corrected chi connectivity index (χ2v) is 4.88. The molecule has 0 aliphatic carbocycles. The first-order valence-corrected chi connectivity index (χ1v) is 6.80. The number of aryl methyl sites for hydroxylation is 1. The zero-order valence-corrected chi connectivity index (χ0v) is 12.6. The molecule has 0 saturated carbocycles. The van der Waals surface area contributed by atoms with Crippen molar-refractivity contribution >= 4 is 23.2 Å². The lowest BCUT2D eigenvalue weighted by atomic mass is 10.2. The van der Waals surface area contributed by atoms with Gasteiger partial charge in [0.25, 0.3) is 5.91 Å². The summed E-state index contributed by atoms with van der Waals surface area (Å²) in [7, 11) is 1.50. The minimum atomic E-state index is -0.280. The van der Waals surface area contributed by atoms with E-state index in [2.05, 4.69) is 5.32 Å². The molecule has 0 aliphatic heterocycles. The smallest absolute Gasteiger partial charge is 0.262 e. The lowest BCUT2D eigenvalue weighted by molar-refractivity contribution is -0.118. The number of benzene rings is 2. The van der Waals surface area contributed by atoms with Gasteiger partial charge in [-0.1, -0.05) is 29.8 Å². The standard InChI is InChI=1S/C16H16ClNO3/c1-11-5-3-6-12(9-11)21-10-15(19)18-14-8-4-7-13(17)16(14)20-2/h3-9H,10H2,1-2H3,(H,18,19). The Hall–Kier alpha value is -2.20. The number of ether oxygens (including phenoxy) is 2. The molecule has 2 aromatic carbocycles. The maximum atomic E-state index is 11.9. The number of hydrogen-bond acceptors (Lipinski definition) is 3. The van der Waals surface area contributed by atoms with Crippen LogP contribution in [-0.2, 0) is 4.79 Å². The first-order valence-electron chi connectivity index (χ1n) is 6.42. The molecule has 0 atom stereocenters. The number of hydrogen-bond donors (Lipinski definition) is 1. The molecular formula is C16H16ClNO3. The minimum absolute atomic E-state index is 0.0842. The van der Waals surface area contributed by atoms with Crippen molar-refractivity contribution in [2.45, 2.75) is 6.92 Å². The van der Waals surface area contributed by atoms with Gasteiger partial charge < -0.3 is 14.8 Å². The molecule has 0 aromatic heterocycles. The molecular weight excluding hydrogens is 290 g/mol. The third kappa shape index (κ3) is 4.13. The van der Waals surface area contributed by atoms with Gasteiger partial charge >= 0.3 is 0 Å². The average molecular weight is 306 g/mol. The van der Waals surface area contributed by atoms with Crippen molar-refractivity contribution < 1.29 is 14.3 Å². The molecule has 1 amide bonds. The van der Waals surface area contributed by atoms with E-state index in [-0.39, 0.29) is 12.5 Å². The van der Waals surface area contributed by atoms with E-state index in [0.29, 0.717) is 22.2 Å². The van der Waals surface area contributed by atoms with E-state index >= 15 is 0 Å². The highest BCUT2D eigenvalue weighted by molar-refractivity contribution is 6.32. The molecule has 2 aromatic rings. The zero-order chi connectivity index (χ0) is 15.2. The fourth-order valence-corrected chi connectivity index (χ4v) is 2.11. The van der Waals surface area contributed by atoms with Crippen molar-refractivity contribution in [1.29, 1.82) is 0 Å². The molecule has 0 saturated heterocycles. The van der Waals surface area contributed by atoms with Crippen molar-refractivity contribution in [2.24, 2.45) is 0 Å². The molecule has 110 valence electrons. The summed E-state index contributed by atoms with van der Waals surface area (Å²) >= 11 is 6.00. The molecule has 5 heteroatoms. The normalized spacial score (nSPS) is 10.0. The largest absolute Gasteiger partial charge is 0.493 e. The monoisotopic (exact) mass is 305 g/mol. The highest BCUT2D eigenvalue weighted by atomic mass is 35.5. The van der Waals surface area contributed by atoms with Crippen LogP contribution in [0, 0.1) is 6.92 Å². The Morgan fingerprint density at radius 1 is 1.24 bits per heavy atom. The van der Waals surface area contributed by atoms with E-state index < -0.39 is 0 Å². The van der Waals surface area contributed by atoms with E-state index in [4.69, 9.17) is 21.1 Å². The second-order valence-electron chi connectivity index (χ2n) is 4.47. The lowest BCUT2D eigenvalue weighted by Crippen LogP contribution is -2.20. The highest BCUT2D eigenvalue weighted by Crippen LogP contribution is 2.32. The number of amides is 1. The molecule has 0 radical (unpaired) electrons. The average Bonchev–Trinajstić information content (AvgIpc) is 2.45. The predicted octanol–water partition coefficient (Wildman–Crippen LogP) is 3.67. The Morgan fingerprint density at radius 2 is 2.00 bits per heavy atom. The van der Waals surface area contributed by atoms with Crippen LogP contribution < -0.4 is 14.8 Å². The number of carbonyl (C=O) groups is 1. The van der Waals surface area contributed by atoms with Gasteiger partial charge in [0.2, 0.25) is 0 Å². The number of methoxy groups -OCH3 is 1. The Morgan fingerprint density at radius 3 is 2.71 bits per heavy atom. The summed E-state index contributed by atoms with van der Waals surface area (Å²) in [4.78, 5) is 11.9. The van der Waals surface area contributed by atoms with E-state index in [0.717, 1.165) is 5.56 Å². The Balaban J connectivity index is 1.98. The van der Waals surface area contributed by atoms with Crippen molar-refractivity contribution in [3.63, 3.8) is 0 Å². The first-order chi connectivity index (χ1) is 10.1. The van der Waals surface area contributed by atoms with Gasteiger partial charge in [-0.3, -0.25) is 4.79 Å². The van der Waals surface area contributed by atoms with Gasteiger partial charge in [0.1, 0.15) is 5.75 Å². The number of para-hydroxylation sites is 1. The Kier molecular flexibility index (Phi) is 5.06. The number of rotatable bonds is 5. The van der Waals surface area contributed by atoms with E-state index in [1.54, 1.807) is 24.3 Å². The van der Waals surface area contributed by atoms with Crippen LogP contribution in [0.15, 0.2) is 42.5 Å². The van der Waals surface area contributed by atoms with Crippen LogP contribution in [0.4, 0.5) is 5.69 Å². The van der Waals surface area contributed by atoms with Gasteiger partial charge in [-0.2, -0.15) is 0 Å². The molecule has 0 bridgehead atoms. The summed E-state index contributed by atoms with van der Waals surface area (Å²) in [6.45, 7) is 1.88. The van der Waals surface area contributed by atoms with E-state index in [9.17, 15) is 4.79 Å². The molecule has 0 fully saturated rings. The SMILES string of the molecule is COc1c(Cl)cccc1NC(=O)COc1cccc(C)c1. The molecule has 0 heterocycles. The topological polar surface area (TPSA) is 47.6 Å². The van der Waals surface area contributed by atoms with E-state index in [1.807, 2.05) is 25.1 Å². The number of nitrogens with one attached hydrogen (secondary N) is 1. The number of carbonyl (C=O) groups excluding carboxylic acids is 1. The maximum Gasteiger partial charge on any atom is 0.262 e. The Labute approximate surface area is 128 Å². The molecule has 2 rings (SSSR count). The van der Waals surface area contributed by atoms with Gasteiger partial charge in [-0.05, 0) is 36.8 Å². The van der Waals surface area contributed by atoms with Crippen LogP contribution >= 0.6 is 11.6 Å². The summed E-state index contributed by atoms with van der Waals surface area (Å²) < 4.78 is 10.6. The molecule has 0 unspecified atom stereocenters. The molecule has 0 aliphatic rings. The van der Waals surface area contributed by atoms with Gasteiger partial charge in [0.05, 0.1) is 17.8 Å². The van der Waals surface area contributed by atoms with Crippen molar-refractivity contribution in [2.75, 3.05) is 19.0 Å². The predicted molar refractivity (Wildman–Crippen MR) is 83.3 cm³/mol. The molecule has 0 spiro atoms. The van der Waals surface area contributed by atoms with Crippen molar-refractivity contribution in [3.05, 3.63) is 53.1 Å². The summed E-state index contributed by atoms with van der Waals surface area (Å²) in [6, 6.07) is 12.7. The van der Waals surface area contributed by atoms with Gasteiger partial charge in [-0.15, -0.1) is 0 Å². The number of halogens is 1. The summed E-state index contributed by atoms with van der Waals surface area (Å²) in [6.07, 6.45) is 0. The van der Waals surface area contributed by atoms with Crippen LogP contribution in [0.5, 0.6) is 11.5 Å². The second kappa shape index (κ2) is 6.99. The molecule has 4 nitrogen and oxygen atoms in total. The molecule has 21 heavy (non-hydrogen) atoms. The van der Waals surface area contributed by atoms with Crippen LogP contribution in [-0.4, -0.2) is 19.6 Å². The maximum absolute atomic E-state index is 11.9. The van der Waals surface area contributed by atoms with Crippen LogP contribution in [0.25, 0.3) is 0 Å². The molecule has 1 N–H and O–H groups in total. The quantitative estimate of drug-likeness (QED) is 0.916. The minimum Gasteiger partial charge on any atom is -0.493 e. The third-order valence-electron chi connectivity index (χ3n) is 2.80. The first kappa shape index (κ1) is 15.2. The summed E-state index contributed by atoms with van der Waals surface area (Å²) in [5.41, 5.74) is 1.59. The Bertz CT molecular complexity index is 643. The fraction of sp³-hybridized carbons (Fsp3) is 0.188. The van der Waals surface area contributed by atoms with Gasteiger partial charge in [-0.25, -0.2) is 0 Å². The van der Waals surface area contributed by atoms with Crippen LogP contribution in [0.2, 0.25) is 5.02 Å². The fourth-order valence-electron chi connectivity index (χ4n) is 1.86. The summed E-state index contributed by atoms with van der Waals surface area (Å²) in [5, 5.41) is 3.15. The van der Waals surface area contributed by atoms with Gasteiger partial charge in [0, 0.05) is 0 Å². The lowest BCUT2D eigenvalue weighted by Gasteiger charge is -2.12. The van der Waals surface area contributed by atoms with Crippen molar-refractivity contribution in [3.8, 4) is 11.5 Å². The summed E-state index contributed by atoms with van der Waals surface area (Å²) in [5.74, 6) is 0.809. The van der Waals surface area contributed by atoms with Crippen molar-refractivity contribution in [1.82, 2.24) is 0 Å². The third-order valence-corrected chi connectivity index (χ3v) is 3.10. The van der Waals surface area contributed by atoms with Crippen LogP contribution in [0.1, 0.15) is 5.56 Å². The van der Waals surface area contributed by atoms with Gasteiger partial charge in [0.15, 0.2) is 12.4 Å². The number of anilines is 1. The highest BCUT2D eigenvalue weighted by Gasteiger charge is 2.10.